The molecule has 4 rings (SSSR count). The highest BCUT2D eigenvalue weighted by Gasteiger charge is 2.29. The zero-order chi connectivity index (χ0) is 28.3. The van der Waals surface area contributed by atoms with Gasteiger partial charge in [0.1, 0.15) is 11.3 Å². The Balaban J connectivity index is 1.85. The molecule has 3 heterocycles. The fourth-order valence-electron chi connectivity index (χ4n) is 4.82. The highest BCUT2D eigenvalue weighted by atomic mass is 32.2. The fraction of sp³-hybridized carbons (Fsp3) is 0.500. The van der Waals surface area contributed by atoms with E-state index in [1.54, 1.807) is 17.5 Å². The Hall–Kier alpha value is -3.26. The monoisotopic (exact) mass is 562 g/mol. The number of hydrogen-bond donors (Lipinski definition) is 1. The van der Waals surface area contributed by atoms with Crippen LogP contribution in [0.4, 0.5) is 0 Å². The number of aromatic nitrogens is 3. The van der Waals surface area contributed by atoms with Crippen molar-refractivity contribution >= 4 is 21.5 Å². The van der Waals surface area contributed by atoms with E-state index in [0.29, 0.717) is 61.6 Å². The van der Waals surface area contributed by atoms with Gasteiger partial charge in [-0.05, 0) is 51.1 Å². The summed E-state index contributed by atoms with van der Waals surface area (Å²) in [7, 11) is -1.81. The van der Waals surface area contributed by atoms with Crippen LogP contribution in [0, 0.1) is 6.92 Å². The molecule has 0 saturated carbocycles. The van der Waals surface area contributed by atoms with Crippen molar-refractivity contribution in [2.45, 2.75) is 45.1 Å². The number of H-pyrrole nitrogens is 1. The summed E-state index contributed by atoms with van der Waals surface area (Å²) in [5.74, 6) is -0.259. The molecule has 1 aromatic carbocycles. The van der Waals surface area contributed by atoms with Crippen LogP contribution in [0.25, 0.3) is 16.9 Å². The van der Waals surface area contributed by atoms with Gasteiger partial charge in [-0.3, -0.25) is 4.79 Å². The van der Waals surface area contributed by atoms with Gasteiger partial charge in [0.05, 0.1) is 23.7 Å². The van der Waals surface area contributed by atoms with Crippen LogP contribution in [0.3, 0.4) is 0 Å². The van der Waals surface area contributed by atoms with Crippen molar-refractivity contribution in [2.75, 3.05) is 46.4 Å². The third-order valence-electron chi connectivity index (χ3n) is 6.84. The smallest absolute Gasteiger partial charge is 0.542 e. The lowest BCUT2D eigenvalue weighted by molar-refractivity contribution is -0.142. The predicted octanol–water partition coefficient (Wildman–Crippen LogP) is 1.05. The molecule has 0 radical (unpaired) electrons. The number of benzene rings is 1. The van der Waals surface area contributed by atoms with Crippen molar-refractivity contribution in [3.05, 3.63) is 45.4 Å². The summed E-state index contributed by atoms with van der Waals surface area (Å²) in [5, 5.41) is 11.8. The van der Waals surface area contributed by atoms with Gasteiger partial charge in [0.25, 0.3) is 5.56 Å². The number of nitrogens with one attached hydrogen (secondary N) is 1. The van der Waals surface area contributed by atoms with Crippen molar-refractivity contribution < 1.29 is 27.8 Å². The van der Waals surface area contributed by atoms with E-state index < -0.39 is 21.6 Å². The third-order valence-corrected chi connectivity index (χ3v) is 8.74. The second-order valence-electron chi connectivity index (χ2n) is 9.58. The number of fused-ring (bicyclic) bond motifs is 1. The molecule has 0 bridgehead atoms. The molecule has 0 amide bonds. The topological polar surface area (TPSA) is 149 Å². The second-order valence-corrected chi connectivity index (χ2v) is 11.5. The van der Waals surface area contributed by atoms with E-state index in [2.05, 4.69) is 9.88 Å². The van der Waals surface area contributed by atoms with E-state index in [9.17, 15) is 18.0 Å². The summed E-state index contributed by atoms with van der Waals surface area (Å²) in [4.78, 5) is 29.4. The molecule has 12 nitrogen and oxygen atoms in total. The molecule has 39 heavy (non-hydrogen) atoms. The number of piperazine rings is 1. The Kier molecular flexibility index (Phi) is 8.74. The van der Waals surface area contributed by atoms with E-state index in [0.717, 1.165) is 17.7 Å². The molecule has 212 valence electrons. The van der Waals surface area contributed by atoms with Crippen LogP contribution < -0.4 is 10.3 Å². The van der Waals surface area contributed by atoms with E-state index in [4.69, 9.17) is 19.7 Å². The van der Waals surface area contributed by atoms with Crippen LogP contribution in [0.1, 0.15) is 37.1 Å². The molecule has 1 fully saturated rings. The summed E-state index contributed by atoms with van der Waals surface area (Å²) in [6.45, 7) is 7.73. The number of hydrogen-bond acceptors (Lipinski definition) is 8. The first-order valence-corrected chi connectivity index (χ1v) is 14.4. The van der Waals surface area contributed by atoms with Crippen molar-refractivity contribution in [3.63, 3.8) is 0 Å². The van der Waals surface area contributed by atoms with Crippen molar-refractivity contribution in [2.24, 2.45) is 0 Å². The average molecular weight is 563 g/mol. The highest BCUT2D eigenvalue weighted by molar-refractivity contribution is 7.89. The maximum absolute atomic E-state index is 13.5. The van der Waals surface area contributed by atoms with Gasteiger partial charge in [0, 0.05) is 42.2 Å². The molecule has 0 unspecified atom stereocenters. The number of sulfonamides is 1. The number of carbonyl (C=O) groups is 1. The van der Waals surface area contributed by atoms with Gasteiger partial charge < -0.3 is 24.5 Å². The third kappa shape index (κ3) is 5.86. The zero-order valence-corrected chi connectivity index (χ0v) is 23.6. The van der Waals surface area contributed by atoms with Crippen LogP contribution in [-0.2, 0) is 32.6 Å². The lowest BCUT2D eigenvalue weighted by Crippen LogP contribution is -2.47. The molecule has 1 aliphatic rings. The lowest BCUT2D eigenvalue weighted by atomic mass is 10.1. The Morgan fingerprint density at radius 3 is 2.54 bits per heavy atom. The van der Waals surface area contributed by atoms with Gasteiger partial charge >= 0.3 is 5.97 Å². The summed E-state index contributed by atoms with van der Waals surface area (Å²) >= 11 is 0. The Morgan fingerprint density at radius 1 is 1.18 bits per heavy atom. The fourth-order valence-corrected chi connectivity index (χ4v) is 6.26. The molecule has 1 saturated heterocycles. The molecule has 0 atom stereocenters. The quantitative estimate of drug-likeness (QED) is 0.341. The standard InChI is InChI=1S/C26H35N5O7S/c1-5-7-21-20(15-37-16-23(32)33)17(3)24-26(34)27-25(28-31(21)24)19-14-18(8-9-22(19)38-6-2)39(35,36)30-12-10-29(4)11-13-30/h8-9,14H,5-7,10-13,15-16H2,1-4H3,(H,32,33)(H,27,28,34)/p+1. The Bertz CT molecular complexity index is 1520. The number of aromatic amines is 1. The largest absolute Gasteiger partial charge is 0.563 e. The van der Waals surface area contributed by atoms with Gasteiger partial charge in [-0.1, -0.05) is 13.3 Å². The molecule has 2 aromatic heterocycles. The summed E-state index contributed by atoms with van der Waals surface area (Å²) < 4.78 is 41.2. The number of ether oxygens (including phenoxy) is 2. The van der Waals surface area contributed by atoms with E-state index in [1.165, 1.54) is 16.4 Å². The maximum atomic E-state index is 13.5. The van der Waals surface area contributed by atoms with E-state index in [-0.39, 0.29) is 23.9 Å². The molecular weight excluding hydrogens is 526 g/mol. The minimum atomic E-state index is -3.77. The maximum Gasteiger partial charge on any atom is 0.542 e. The van der Waals surface area contributed by atoms with Crippen molar-refractivity contribution in [1.29, 1.82) is 0 Å². The zero-order valence-electron chi connectivity index (χ0n) is 22.7. The van der Waals surface area contributed by atoms with Crippen LogP contribution in [0.2, 0.25) is 0 Å². The van der Waals surface area contributed by atoms with Crippen LogP contribution in [-0.4, -0.2) is 89.7 Å². The highest BCUT2D eigenvalue weighted by Crippen LogP contribution is 2.32. The number of aryl methyl sites for hydroxylation is 2. The predicted molar refractivity (Wildman–Crippen MR) is 146 cm³/mol. The lowest BCUT2D eigenvalue weighted by Gasteiger charge is -2.31. The molecular formula is C26H36N5O7S+. The molecule has 3 aromatic rings. The van der Waals surface area contributed by atoms with Crippen LogP contribution >= 0.6 is 0 Å². The minimum Gasteiger partial charge on any atom is -0.563 e. The SMILES string of the molecule is CCCc1c(COCC(=O)[OH2+])c(C)c2c(=O)[nH]c(-c3cc(S(=O)(=O)N4CCN(C)CC4)ccc3OCC)nn12. The van der Waals surface area contributed by atoms with Gasteiger partial charge in [0.15, 0.2) is 5.82 Å². The molecule has 13 heteroatoms. The van der Waals surface area contributed by atoms with E-state index in [1.807, 2.05) is 20.9 Å². The molecule has 1 aliphatic heterocycles. The van der Waals surface area contributed by atoms with Crippen molar-refractivity contribution in [3.8, 4) is 17.1 Å². The number of nitrogens with zero attached hydrogens (tertiary/aromatic N) is 4. The average Bonchev–Trinajstić information content (AvgIpc) is 3.15. The number of likely N-dealkylation sites (N-methyl/N-ethyl adjacent to an activating group) is 1. The molecule has 3 N–H and O–H groups in total. The van der Waals surface area contributed by atoms with E-state index >= 15 is 0 Å². The summed E-state index contributed by atoms with van der Waals surface area (Å²) in [6.07, 6.45) is 1.36. The molecule has 0 spiro atoms. The Morgan fingerprint density at radius 2 is 1.90 bits per heavy atom. The number of rotatable bonds is 11. The normalized spacial score (nSPS) is 15.2. The summed E-state index contributed by atoms with van der Waals surface area (Å²) in [6, 6.07) is 4.61. The summed E-state index contributed by atoms with van der Waals surface area (Å²) in [5.41, 5.74) is 2.48. The number of carbonyl (C=O) groups excluding carboxylic acids is 1. The van der Waals surface area contributed by atoms with Gasteiger partial charge in [-0.15, -0.1) is 5.10 Å². The van der Waals surface area contributed by atoms with Crippen LogP contribution in [0.5, 0.6) is 5.75 Å². The van der Waals surface area contributed by atoms with Crippen LogP contribution in [0.15, 0.2) is 27.9 Å². The first kappa shape index (κ1) is 28.7. The Labute approximate surface area is 227 Å². The second kappa shape index (κ2) is 11.9. The van der Waals surface area contributed by atoms with Gasteiger partial charge in [0.2, 0.25) is 16.6 Å². The van der Waals surface area contributed by atoms with Gasteiger partial charge in [-0.2, -0.15) is 4.31 Å². The first-order valence-electron chi connectivity index (χ1n) is 13.0. The van der Waals surface area contributed by atoms with Crippen molar-refractivity contribution in [1.82, 2.24) is 23.8 Å². The minimum absolute atomic E-state index is 0.0624. The molecule has 0 aliphatic carbocycles. The van der Waals surface area contributed by atoms with Gasteiger partial charge in [-0.25, -0.2) is 12.9 Å². The first-order chi connectivity index (χ1) is 18.6.